The highest BCUT2D eigenvalue weighted by atomic mass is 32.2. The van der Waals surface area contributed by atoms with Crippen LogP contribution in [0.15, 0.2) is 24.3 Å². The van der Waals surface area contributed by atoms with Crippen LogP contribution in [0.1, 0.15) is 5.56 Å². The predicted molar refractivity (Wildman–Crippen MR) is 58.9 cm³/mol. The number of anilines is 1. The van der Waals surface area contributed by atoms with Crippen molar-refractivity contribution in [1.82, 2.24) is 0 Å². The van der Waals surface area contributed by atoms with Gasteiger partial charge in [-0.05, 0) is 18.1 Å². The largest absolute Gasteiger partial charge is 0.311 e. The Hall–Kier alpha value is -1.40. The number of hydrogen-bond donors (Lipinski definition) is 1. The van der Waals surface area contributed by atoms with Gasteiger partial charge in [0.05, 0.1) is 0 Å². The number of amides is 1. The van der Waals surface area contributed by atoms with Gasteiger partial charge >= 0.3 is 0 Å². The fourth-order valence-electron chi connectivity index (χ4n) is 1.83. The summed E-state index contributed by atoms with van der Waals surface area (Å²) < 4.78 is 29.9. The monoisotopic (exact) mass is 241 g/mol. The van der Waals surface area contributed by atoms with Crippen LogP contribution < -0.4 is 4.90 Å². The molecule has 1 aromatic rings. The summed E-state index contributed by atoms with van der Waals surface area (Å²) in [6.45, 7) is 0.466. The number of fused-ring (bicyclic) bond motifs is 1. The summed E-state index contributed by atoms with van der Waals surface area (Å²) in [6, 6.07) is 7.33. The van der Waals surface area contributed by atoms with Crippen molar-refractivity contribution < 1.29 is 17.8 Å². The summed E-state index contributed by atoms with van der Waals surface area (Å²) in [6.07, 6.45) is 0.716. The van der Waals surface area contributed by atoms with E-state index in [0.29, 0.717) is 13.0 Å². The molecule has 0 aromatic heterocycles. The number of nitrogens with zero attached hydrogens (tertiary/aromatic N) is 1. The summed E-state index contributed by atoms with van der Waals surface area (Å²) >= 11 is 0. The van der Waals surface area contributed by atoms with E-state index in [4.69, 9.17) is 4.55 Å². The fourth-order valence-corrected chi connectivity index (χ4v) is 2.30. The molecule has 0 bridgehead atoms. The van der Waals surface area contributed by atoms with Crippen LogP contribution in [0.2, 0.25) is 0 Å². The lowest BCUT2D eigenvalue weighted by atomic mass is 10.2. The van der Waals surface area contributed by atoms with Gasteiger partial charge in [0.2, 0.25) is 5.91 Å². The van der Waals surface area contributed by atoms with Crippen molar-refractivity contribution >= 4 is 21.7 Å². The Morgan fingerprint density at radius 3 is 2.75 bits per heavy atom. The molecule has 0 saturated carbocycles. The van der Waals surface area contributed by atoms with Crippen LogP contribution in [0.25, 0.3) is 0 Å². The average molecular weight is 241 g/mol. The molecule has 86 valence electrons. The van der Waals surface area contributed by atoms with E-state index in [1.54, 1.807) is 12.1 Å². The summed E-state index contributed by atoms with van der Waals surface area (Å²) in [5.74, 6) is -1.45. The third-order valence-electron chi connectivity index (χ3n) is 2.49. The van der Waals surface area contributed by atoms with Gasteiger partial charge < -0.3 is 4.90 Å². The lowest BCUT2D eigenvalue weighted by molar-refractivity contribution is -0.116. The van der Waals surface area contributed by atoms with E-state index in [1.165, 1.54) is 4.90 Å². The highest BCUT2D eigenvalue weighted by Crippen LogP contribution is 2.27. The van der Waals surface area contributed by atoms with Crippen LogP contribution in [-0.2, 0) is 21.3 Å². The first kappa shape index (κ1) is 11.1. The molecule has 1 heterocycles. The second-order valence-corrected chi connectivity index (χ2v) is 5.10. The smallest absolute Gasteiger partial charge is 0.274 e. The maximum atomic E-state index is 11.6. The summed E-state index contributed by atoms with van der Waals surface area (Å²) in [5.41, 5.74) is 1.75. The molecule has 0 fully saturated rings. The van der Waals surface area contributed by atoms with Gasteiger partial charge in [0.15, 0.2) is 5.75 Å². The molecular formula is C10H11NO4S. The molecule has 0 atom stereocenters. The van der Waals surface area contributed by atoms with E-state index < -0.39 is 21.8 Å². The minimum atomic E-state index is -4.25. The zero-order chi connectivity index (χ0) is 11.8. The molecule has 0 unspecified atom stereocenters. The zero-order valence-corrected chi connectivity index (χ0v) is 9.27. The standard InChI is InChI=1S/C10H11NO4S/c12-10(7-16(13,14)15)11-6-5-8-3-1-2-4-9(8)11/h1-4H,5-7H2,(H,13,14,15). The summed E-state index contributed by atoms with van der Waals surface area (Å²) in [5, 5.41) is 0. The third-order valence-corrected chi connectivity index (χ3v) is 3.11. The summed E-state index contributed by atoms with van der Waals surface area (Å²) in [4.78, 5) is 13.0. The number of hydrogen-bond acceptors (Lipinski definition) is 3. The molecule has 0 aliphatic carbocycles. The molecule has 1 aliphatic heterocycles. The SMILES string of the molecule is O=C(CS(=O)(=O)O)N1CCc2ccccc21. The highest BCUT2D eigenvalue weighted by molar-refractivity contribution is 7.86. The first-order chi connectivity index (χ1) is 7.47. The van der Waals surface area contributed by atoms with Crippen molar-refractivity contribution in [3.05, 3.63) is 29.8 Å². The van der Waals surface area contributed by atoms with Gasteiger partial charge in [-0.2, -0.15) is 8.42 Å². The fraction of sp³-hybridized carbons (Fsp3) is 0.300. The van der Waals surface area contributed by atoms with Crippen LogP contribution in [-0.4, -0.2) is 31.2 Å². The lowest BCUT2D eigenvalue weighted by Gasteiger charge is -2.16. The molecule has 6 heteroatoms. The van der Waals surface area contributed by atoms with Gasteiger partial charge in [-0.15, -0.1) is 0 Å². The number of carbonyl (C=O) groups excluding carboxylic acids is 1. The quantitative estimate of drug-likeness (QED) is 0.763. The van der Waals surface area contributed by atoms with Crippen molar-refractivity contribution in [3.8, 4) is 0 Å². The van der Waals surface area contributed by atoms with Crippen molar-refractivity contribution in [2.75, 3.05) is 17.2 Å². The number of para-hydroxylation sites is 1. The van der Waals surface area contributed by atoms with Gasteiger partial charge in [-0.3, -0.25) is 9.35 Å². The molecule has 1 N–H and O–H groups in total. The molecule has 0 radical (unpaired) electrons. The minimum absolute atomic E-state index is 0.466. The van der Waals surface area contributed by atoms with E-state index in [1.807, 2.05) is 12.1 Å². The Bertz CT molecular complexity index is 523. The Kier molecular flexibility index (Phi) is 2.69. The normalized spacial score (nSPS) is 14.9. The van der Waals surface area contributed by atoms with E-state index in [2.05, 4.69) is 0 Å². The van der Waals surface area contributed by atoms with Gasteiger partial charge in [-0.25, -0.2) is 0 Å². The van der Waals surface area contributed by atoms with Crippen molar-refractivity contribution in [3.63, 3.8) is 0 Å². The number of benzene rings is 1. The van der Waals surface area contributed by atoms with Crippen LogP contribution in [0, 0.1) is 0 Å². The Morgan fingerprint density at radius 2 is 2.06 bits per heavy atom. The number of rotatable bonds is 2. The Morgan fingerprint density at radius 1 is 1.38 bits per heavy atom. The minimum Gasteiger partial charge on any atom is -0.311 e. The van der Waals surface area contributed by atoms with E-state index in [9.17, 15) is 13.2 Å². The Balaban J connectivity index is 2.23. The molecule has 0 spiro atoms. The van der Waals surface area contributed by atoms with Crippen LogP contribution in [0.3, 0.4) is 0 Å². The molecule has 0 saturated heterocycles. The third kappa shape index (κ3) is 2.23. The maximum absolute atomic E-state index is 11.6. The molecule has 1 amide bonds. The van der Waals surface area contributed by atoms with E-state index >= 15 is 0 Å². The summed E-state index contributed by atoms with van der Waals surface area (Å²) in [7, 11) is -4.25. The topological polar surface area (TPSA) is 74.7 Å². The van der Waals surface area contributed by atoms with E-state index in [0.717, 1.165) is 11.3 Å². The predicted octanol–water partition coefficient (Wildman–Crippen LogP) is 0.464. The molecule has 5 nitrogen and oxygen atoms in total. The van der Waals surface area contributed by atoms with Crippen LogP contribution in [0.4, 0.5) is 5.69 Å². The first-order valence-corrected chi connectivity index (χ1v) is 6.42. The second kappa shape index (κ2) is 3.88. The molecule has 2 rings (SSSR count). The van der Waals surface area contributed by atoms with Gasteiger partial charge in [-0.1, -0.05) is 18.2 Å². The molecule has 1 aromatic carbocycles. The highest BCUT2D eigenvalue weighted by Gasteiger charge is 2.26. The lowest BCUT2D eigenvalue weighted by Crippen LogP contribution is -2.34. The van der Waals surface area contributed by atoms with Crippen LogP contribution >= 0.6 is 0 Å². The maximum Gasteiger partial charge on any atom is 0.274 e. The molecule has 1 aliphatic rings. The number of carbonyl (C=O) groups is 1. The van der Waals surface area contributed by atoms with Crippen LogP contribution in [0.5, 0.6) is 0 Å². The second-order valence-electron chi connectivity index (χ2n) is 3.65. The zero-order valence-electron chi connectivity index (χ0n) is 8.46. The van der Waals surface area contributed by atoms with Gasteiger partial charge in [0.1, 0.15) is 0 Å². The average Bonchev–Trinajstić information content (AvgIpc) is 2.58. The Labute approximate surface area is 93.4 Å². The van der Waals surface area contributed by atoms with Crippen molar-refractivity contribution in [2.24, 2.45) is 0 Å². The van der Waals surface area contributed by atoms with Gasteiger partial charge in [0.25, 0.3) is 10.1 Å². The molecule has 16 heavy (non-hydrogen) atoms. The van der Waals surface area contributed by atoms with Crippen molar-refractivity contribution in [2.45, 2.75) is 6.42 Å². The van der Waals surface area contributed by atoms with Gasteiger partial charge in [0, 0.05) is 12.2 Å². The first-order valence-electron chi connectivity index (χ1n) is 4.81. The molecular weight excluding hydrogens is 230 g/mol. The van der Waals surface area contributed by atoms with Crippen molar-refractivity contribution in [1.29, 1.82) is 0 Å². The van der Waals surface area contributed by atoms with E-state index in [-0.39, 0.29) is 0 Å².